The van der Waals surface area contributed by atoms with Gasteiger partial charge in [-0.1, -0.05) is 78.9 Å². The Balaban J connectivity index is 1.38. The lowest BCUT2D eigenvalue weighted by Crippen LogP contribution is -2.27. The van der Waals surface area contributed by atoms with Crippen LogP contribution in [0.5, 0.6) is 0 Å². The number of hydrogen-bond acceptors (Lipinski definition) is 3. The minimum atomic E-state index is -4.52. The number of carboxylic acids is 1. The van der Waals surface area contributed by atoms with Crippen molar-refractivity contribution in [1.29, 1.82) is 0 Å². The van der Waals surface area contributed by atoms with E-state index in [1.165, 1.54) is 18.2 Å². The third-order valence-corrected chi connectivity index (χ3v) is 7.90. The van der Waals surface area contributed by atoms with Crippen LogP contribution in [0.4, 0.5) is 13.2 Å². The number of carbonyl (C=O) groups is 2. The summed E-state index contributed by atoms with van der Waals surface area (Å²) in [6.07, 6.45) is -2.91. The van der Waals surface area contributed by atoms with Crippen LogP contribution in [-0.2, 0) is 12.7 Å². The molecule has 0 spiro atoms. The van der Waals surface area contributed by atoms with Crippen molar-refractivity contribution in [1.82, 2.24) is 15.1 Å². The molecule has 6 rings (SSSR count). The smallest absolute Gasteiger partial charge is 0.416 e. The number of halogens is 3. The number of hydrogen-bond donors (Lipinski definition) is 2. The molecule has 0 bridgehead atoms. The fraction of sp³-hybridized carbons (Fsp3) is 0.108. The number of alkyl halides is 3. The molecule has 0 radical (unpaired) electrons. The van der Waals surface area contributed by atoms with Crippen molar-refractivity contribution < 1.29 is 27.9 Å². The summed E-state index contributed by atoms with van der Waals surface area (Å²) >= 11 is 0. The Morgan fingerprint density at radius 2 is 1.48 bits per heavy atom. The van der Waals surface area contributed by atoms with Crippen molar-refractivity contribution in [3.05, 3.63) is 149 Å². The van der Waals surface area contributed by atoms with Crippen LogP contribution in [0.3, 0.4) is 0 Å². The zero-order valence-corrected chi connectivity index (χ0v) is 24.6. The standard InChI is InChI=1S/C37H28F3N3O3/c1-23(25-14-16-28(17-15-25)36(45)46)42-35(44)33-20-30(29-8-5-9-32(19-29)37(38,39)40)18-31-21-41-43(34(31)33)22-24-10-12-27(13-11-24)26-6-3-2-4-7-26/h2-21,23H,22H2,1H3,(H,42,44)(H,45,46)/t23-/m0/s1. The molecule has 0 aliphatic rings. The third kappa shape index (κ3) is 6.39. The number of carbonyl (C=O) groups excluding carboxylic acids is 1. The van der Waals surface area contributed by atoms with Crippen LogP contribution < -0.4 is 5.32 Å². The van der Waals surface area contributed by atoms with Gasteiger partial charge in [0, 0.05) is 5.39 Å². The van der Waals surface area contributed by atoms with E-state index in [0.29, 0.717) is 34.1 Å². The van der Waals surface area contributed by atoms with Gasteiger partial charge in [0.15, 0.2) is 0 Å². The molecule has 1 amide bonds. The van der Waals surface area contributed by atoms with Crippen molar-refractivity contribution in [2.24, 2.45) is 0 Å². The summed E-state index contributed by atoms with van der Waals surface area (Å²) in [5.41, 5.74) is 4.66. The molecule has 5 aromatic carbocycles. The molecule has 2 N–H and O–H groups in total. The van der Waals surface area contributed by atoms with Gasteiger partial charge in [0.2, 0.25) is 0 Å². The predicted octanol–water partition coefficient (Wildman–Crippen LogP) is 8.63. The number of rotatable bonds is 8. The molecule has 1 heterocycles. The van der Waals surface area contributed by atoms with Crippen molar-refractivity contribution in [3.8, 4) is 22.3 Å². The second kappa shape index (κ2) is 12.4. The average molecular weight is 620 g/mol. The maximum Gasteiger partial charge on any atom is 0.416 e. The monoisotopic (exact) mass is 619 g/mol. The predicted molar refractivity (Wildman–Crippen MR) is 170 cm³/mol. The highest BCUT2D eigenvalue weighted by atomic mass is 19.4. The van der Waals surface area contributed by atoms with Gasteiger partial charge in [-0.3, -0.25) is 9.48 Å². The van der Waals surface area contributed by atoms with E-state index in [1.54, 1.807) is 48.1 Å². The Morgan fingerprint density at radius 3 is 2.15 bits per heavy atom. The average Bonchev–Trinajstić information content (AvgIpc) is 3.47. The van der Waals surface area contributed by atoms with Gasteiger partial charge in [-0.15, -0.1) is 0 Å². The lowest BCUT2D eigenvalue weighted by molar-refractivity contribution is -0.137. The number of carboxylic acid groups (broad SMARTS) is 1. The molecular weight excluding hydrogens is 591 g/mol. The molecule has 46 heavy (non-hydrogen) atoms. The molecule has 1 aromatic heterocycles. The summed E-state index contributed by atoms with van der Waals surface area (Å²) in [4.78, 5) is 25.2. The quantitative estimate of drug-likeness (QED) is 0.179. The highest BCUT2D eigenvalue weighted by Gasteiger charge is 2.30. The molecule has 0 fully saturated rings. The molecule has 9 heteroatoms. The van der Waals surface area contributed by atoms with Crippen LogP contribution in [0, 0.1) is 0 Å². The SMILES string of the molecule is C[C@H](NC(=O)c1cc(-c2cccc(C(F)(F)F)c2)cc2cnn(Cc3ccc(-c4ccccc4)cc3)c12)c1ccc(C(=O)O)cc1. The van der Waals surface area contributed by atoms with Crippen molar-refractivity contribution >= 4 is 22.8 Å². The van der Waals surface area contributed by atoms with Crippen LogP contribution in [0.25, 0.3) is 33.2 Å². The molecule has 1 atom stereocenters. The van der Waals surface area contributed by atoms with Gasteiger partial charge in [0.1, 0.15) is 0 Å². The first-order valence-electron chi connectivity index (χ1n) is 14.5. The van der Waals surface area contributed by atoms with Crippen molar-refractivity contribution in [2.75, 3.05) is 0 Å². The molecule has 0 aliphatic carbocycles. The Kier molecular flexibility index (Phi) is 8.15. The van der Waals surface area contributed by atoms with Crippen LogP contribution >= 0.6 is 0 Å². The second-order valence-corrected chi connectivity index (χ2v) is 11.0. The molecule has 0 aliphatic heterocycles. The van der Waals surface area contributed by atoms with Crippen molar-refractivity contribution in [3.63, 3.8) is 0 Å². The molecular formula is C37H28F3N3O3. The maximum atomic E-state index is 13.9. The third-order valence-electron chi connectivity index (χ3n) is 7.90. The van der Waals surface area contributed by atoms with E-state index < -0.39 is 29.7 Å². The Morgan fingerprint density at radius 1 is 0.804 bits per heavy atom. The van der Waals surface area contributed by atoms with E-state index in [-0.39, 0.29) is 11.1 Å². The van der Waals surface area contributed by atoms with Crippen LogP contribution in [-0.4, -0.2) is 26.8 Å². The van der Waals surface area contributed by atoms with E-state index >= 15 is 0 Å². The number of nitrogens with zero attached hydrogens (tertiary/aromatic N) is 2. The first kappa shape index (κ1) is 30.3. The fourth-order valence-electron chi connectivity index (χ4n) is 5.45. The summed E-state index contributed by atoms with van der Waals surface area (Å²) in [6.45, 7) is 2.13. The molecule has 230 valence electrons. The number of nitrogens with one attached hydrogen (secondary N) is 1. The first-order chi connectivity index (χ1) is 22.1. The number of amides is 1. The van der Waals surface area contributed by atoms with Gasteiger partial charge in [-0.05, 0) is 76.7 Å². The van der Waals surface area contributed by atoms with Gasteiger partial charge in [-0.2, -0.15) is 18.3 Å². The number of aromatic nitrogens is 2. The summed E-state index contributed by atoms with van der Waals surface area (Å²) in [7, 11) is 0. The van der Waals surface area contributed by atoms with Crippen LogP contribution in [0.15, 0.2) is 121 Å². The van der Waals surface area contributed by atoms with Crippen LogP contribution in [0.1, 0.15) is 50.4 Å². The fourth-order valence-corrected chi connectivity index (χ4v) is 5.45. The van der Waals surface area contributed by atoms with Gasteiger partial charge in [0.25, 0.3) is 5.91 Å². The molecule has 0 saturated carbocycles. The molecule has 0 saturated heterocycles. The van der Waals surface area contributed by atoms with Crippen molar-refractivity contribution in [2.45, 2.75) is 25.7 Å². The van der Waals surface area contributed by atoms with Gasteiger partial charge in [-0.25, -0.2) is 4.79 Å². The minimum absolute atomic E-state index is 0.124. The first-order valence-corrected chi connectivity index (χ1v) is 14.5. The molecule has 6 nitrogen and oxygen atoms in total. The minimum Gasteiger partial charge on any atom is -0.478 e. The van der Waals surface area contributed by atoms with Gasteiger partial charge in [0.05, 0.1) is 41.0 Å². The summed E-state index contributed by atoms with van der Waals surface area (Å²) in [6, 6.07) is 32.0. The number of aromatic carboxylic acids is 1. The lowest BCUT2D eigenvalue weighted by Gasteiger charge is -2.17. The van der Waals surface area contributed by atoms with E-state index in [1.807, 2.05) is 54.6 Å². The van der Waals surface area contributed by atoms with E-state index in [0.717, 1.165) is 28.8 Å². The summed E-state index contributed by atoms with van der Waals surface area (Å²) in [5, 5.41) is 17.4. The number of fused-ring (bicyclic) bond motifs is 1. The van der Waals surface area contributed by atoms with E-state index in [2.05, 4.69) is 10.4 Å². The Hall–Kier alpha value is -5.70. The zero-order chi connectivity index (χ0) is 32.4. The van der Waals surface area contributed by atoms with Crippen LogP contribution in [0.2, 0.25) is 0 Å². The number of benzene rings is 5. The highest BCUT2D eigenvalue weighted by molar-refractivity contribution is 6.07. The Bertz CT molecular complexity index is 2040. The van der Waals surface area contributed by atoms with E-state index in [9.17, 15) is 27.9 Å². The zero-order valence-electron chi connectivity index (χ0n) is 24.6. The normalized spacial score (nSPS) is 12.2. The molecule has 6 aromatic rings. The van der Waals surface area contributed by atoms with Gasteiger partial charge < -0.3 is 10.4 Å². The second-order valence-electron chi connectivity index (χ2n) is 11.0. The molecule has 0 unspecified atom stereocenters. The lowest BCUT2D eigenvalue weighted by atomic mass is 9.98. The highest BCUT2D eigenvalue weighted by Crippen LogP contribution is 2.34. The largest absolute Gasteiger partial charge is 0.478 e. The maximum absolute atomic E-state index is 13.9. The summed E-state index contributed by atoms with van der Waals surface area (Å²) < 4.78 is 42.3. The van der Waals surface area contributed by atoms with E-state index in [4.69, 9.17) is 0 Å². The summed E-state index contributed by atoms with van der Waals surface area (Å²) in [5.74, 6) is -1.50. The topological polar surface area (TPSA) is 84.2 Å². The van der Waals surface area contributed by atoms with Gasteiger partial charge >= 0.3 is 12.1 Å². The Labute approximate surface area is 262 Å².